The fourth-order valence-corrected chi connectivity index (χ4v) is 4.71. The Kier molecular flexibility index (Phi) is 7.45. The first-order chi connectivity index (χ1) is 16.4. The van der Waals surface area contributed by atoms with Gasteiger partial charge in [0.2, 0.25) is 5.95 Å². The van der Waals surface area contributed by atoms with Gasteiger partial charge < -0.3 is 20.9 Å². The van der Waals surface area contributed by atoms with E-state index in [1.807, 2.05) is 13.1 Å². The molecule has 10 heteroatoms. The quantitative estimate of drug-likeness (QED) is 0.493. The normalized spacial score (nSPS) is 15.9. The van der Waals surface area contributed by atoms with Gasteiger partial charge in [-0.25, -0.2) is 18.9 Å². The van der Waals surface area contributed by atoms with Crippen molar-refractivity contribution in [1.29, 1.82) is 0 Å². The van der Waals surface area contributed by atoms with Gasteiger partial charge in [-0.3, -0.25) is 0 Å². The molecule has 0 aromatic carbocycles. The number of rotatable bonds is 9. The molecule has 1 fully saturated rings. The molecule has 0 amide bonds. The maximum Gasteiger partial charge on any atom is 0.243 e. The highest BCUT2D eigenvalue weighted by atomic mass is 19.1. The van der Waals surface area contributed by atoms with E-state index in [-0.39, 0.29) is 11.9 Å². The lowest BCUT2D eigenvalue weighted by Crippen LogP contribution is -2.42. The number of nitrogens with one attached hydrogen (secondary N) is 1. The van der Waals surface area contributed by atoms with Crippen LogP contribution in [0, 0.1) is 6.92 Å². The lowest BCUT2D eigenvalue weighted by Gasteiger charge is -2.36. The average Bonchev–Trinajstić information content (AvgIpc) is 3.22. The first-order valence-corrected chi connectivity index (χ1v) is 12.1. The number of halogens is 1. The number of nitrogen functional groups attached to an aromatic ring is 1. The highest BCUT2D eigenvalue weighted by Crippen LogP contribution is 2.25. The molecule has 184 valence electrons. The van der Waals surface area contributed by atoms with Gasteiger partial charge in [-0.1, -0.05) is 19.4 Å². The Morgan fingerprint density at radius 3 is 2.65 bits per heavy atom. The molecule has 0 spiro atoms. The van der Waals surface area contributed by atoms with Crippen molar-refractivity contribution in [3.8, 4) is 0 Å². The Morgan fingerprint density at radius 2 is 2.00 bits per heavy atom. The second kappa shape index (κ2) is 10.5. The summed E-state index contributed by atoms with van der Waals surface area (Å²) in [5, 5.41) is 7.61. The molecule has 1 aliphatic heterocycles. The van der Waals surface area contributed by atoms with Gasteiger partial charge in [-0.05, 0) is 51.4 Å². The number of anilines is 3. The van der Waals surface area contributed by atoms with Crippen LogP contribution in [0.15, 0.2) is 18.5 Å². The number of nitrogens with zero attached hydrogens (tertiary/aromatic N) is 7. The van der Waals surface area contributed by atoms with Crippen LogP contribution in [0.4, 0.5) is 22.0 Å². The fourth-order valence-electron chi connectivity index (χ4n) is 4.71. The summed E-state index contributed by atoms with van der Waals surface area (Å²) in [6.07, 6.45) is 8.16. The topological polar surface area (TPSA) is 100 Å². The van der Waals surface area contributed by atoms with E-state index in [1.54, 1.807) is 10.7 Å². The molecule has 34 heavy (non-hydrogen) atoms. The zero-order chi connectivity index (χ0) is 24.2. The van der Waals surface area contributed by atoms with Crippen molar-refractivity contribution < 1.29 is 4.39 Å². The molecule has 1 atom stereocenters. The molecular weight excluding hydrogens is 433 g/mol. The van der Waals surface area contributed by atoms with Gasteiger partial charge in [0, 0.05) is 31.7 Å². The number of nitrogens with two attached hydrogens (primary N) is 1. The maximum absolute atomic E-state index is 13.3. The Morgan fingerprint density at radius 1 is 1.24 bits per heavy atom. The van der Waals surface area contributed by atoms with Gasteiger partial charge in [0.05, 0.1) is 17.9 Å². The smallest absolute Gasteiger partial charge is 0.243 e. The lowest BCUT2D eigenvalue weighted by atomic mass is 10.0. The molecule has 9 nitrogen and oxygen atoms in total. The maximum atomic E-state index is 13.3. The molecule has 3 N–H and O–H groups in total. The van der Waals surface area contributed by atoms with Gasteiger partial charge >= 0.3 is 0 Å². The third-order valence-electron chi connectivity index (χ3n) is 6.60. The minimum Gasteiger partial charge on any atom is -0.380 e. The second-order valence-corrected chi connectivity index (χ2v) is 9.43. The van der Waals surface area contributed by atoms with Gasteiger partial charge in [0.15, 0.2) is 11.5 Å². The summed E-state index contributed by atoms with van der Waals surface area (Å²) >= 11 is 0. The molecule has 0 radical (unpaired) electrons. The number of imidazole rings is 1. The first kappa shape index (κ1) is 24.1. The zero-order valence-electron chi connectivity index (χ0n) is 20.6. The molecule has 4 heterocycles. The van der Waals surface area contributed by atoms with Gasteiger partial charge in [0.1, 0.15) is 12.5 Å². The van der Waals surface area contributed by atoms with E-state index in [2.05, 4.69) is 57.3 Å². The van der Waals surface area contributed by atoms with Crippen LogP contribution >= 0.6 is 0 Å². The van der Waals surface area contributed by atoms with E-state index in [9.17, 15) is 4.39 Å². The van der Waals surface area contributed by atoms with Gasteiger partial charge in [-0.15, -0.1) is 5.10 Å². The summed E-state index contributed by atoms with van der Waals surface area (Å²) in [4.78, 5) is 18.2. The molecule has 0 aliphatic carbocycles. The van der Waals surface area contributed by atoms with Crippen molar-refractivity contribution in [2.24, 2.45) is 0 Å². The predicted molar refractivity (Wildman–Crippen MR) is 134 cm³/mol. The Balaban J connectivity index is 1.51. The fraction of sp³-hybridized carbons (Fsp3) is 0.583. The number of fused-ring (bicyclic) bond motifs is 1. The zero-order valence-corrected chi connectivity index (χ0v) is 20.6. The molecule has 1 saturated heterocycles. The minimum atomic E-state index is -0.490. The molecule has 1 aliphatic rings. The molecule has 4 rings (SSSR count). The number of hydrogen-bond donors (Lipinski definition) is 2. The molecule has 1 unspecified atom stereocenters. The Hall–Kier alpha value is -3.01. The van der Waals surface area contributed by atoms with Crippen LogP contribution in [0.1, 0.15) is 49.4 Å². The van der Waals surface area contributed by atoms with E-state index in [0.29, 0.717) is 30.5 Å². The Bertz CT molecular complexity index is 1110. The molecule has 0 saturated carbocycles. The summed E-state index contributed by atoms with van der Waals surface area (Å²) in [6, 6.07) is 2.49. The van der Waals surface area contributed by atoms with Crippen molar-refractivity contribution in [2.75, 3.05) is 49.8 Å². The van der Waals surface area contributed by atoms with Crippen LogP contribution in [-0.4, -0.2) is 75.4 Å². The van der Waals surface area contributed by atoms with E-state index >= 15 is 0 Å². The average molecular weight is 470 g/mol. The van der Waals surface area contributed by atoms with Crippen molar-refractivity contribution in [2.45, 2.75) is 58.0 Å². The molecule has 3 aromatic heterocycles. The van der Waals surface area contributed by atoms with Crippen molar-refractivity contribution in [3.63, 3.8) is 0 Å². The summed E-state index contributed by atoms with van der Waals surface area (Å²) < 4.78 is 15.0. The van der Waals surface area contributed by atoms with E-state index < -0.39 is 6.67 Å². The third-order valence-corrected chi connectivity index (χ3v) is 6.60. The van der Waals surface area contributed by atoms with Crippen LogP contribution in [0.25, 0.3) is 5.65 Å². The predicted octanol–water partition coefficient (Wildman–Crippen LogP) is 3.08. The second-order valence-electron chi connectivity index (χ2n) is 9.43. The van der Waals surface area contributed by atoms with Gasteiger partial charge in [-0.2, -0.15) is 4.98 Å². The summed E-state index contributed by atoms with van der Waals surface area (Å²) in [6.45, 7) is 5.69. The van der Waals surface area contributed by atoms with E-state index in [0.717, 1.165) is 55.0 Å². The minimum absolute atomic E-state index is 0.267. The van der Waals surface area contributed by atoms with Gasteiger partial charge in [0.25, 0.3) is 0 Å². The Labute approximate surface area is 200 Å². The third kappa shape index (κ3) is 5.22. The van der Waals surface area contributed by atoms with Crippen LogP contribution in [0.5, 0.6) is 0 Å². The van der Waals surface area contributed by atoms with Crippen LogP contribution in [0.3, 0.4) is 0 Å². The van der Waals surface area contributed by atoms with Crippen LogP contribution in [-0.2, 0) is 6.42 Å². The monoisotopic (exact) mass is 469 g/mol. The van der Waals surface area contributed by atoms with Crippen molar-refractivity contribution in [1.82, 2.24) is 29.5 Å². The number of alkyl halides is 1. The molecular formula is C24H36FN9. The lowest BCUT2D eigenvalue weighted by molar-refractivity contribution is 0.249. The van der Waals surface area contributed by atoms with E-state index in [4.69, 9.17) is 10.7 Å². The van der Waals surface area contributed by atoms with Crippen LogP contribution in [0.2, 0.25) is 0 Å². The summed E-state index contributed by atoms with van der Waals surface area (Å²) in [5.74, 6) is 1.64. The number of hydrogen-bond acceptors (Lipinski definition) is 8. The highest BCUT2D eigenvalue weighted by molar-refractivity contribution is 5.61. The summed E-state index contributed by atoms with van der Waals surface area (Å²) in [5.41, 5.74) is 9.73. The van der Waals surface area contributed by atoms with Crippen LogP contribution < -0.4 is 16.0 Å². The number of aryl methyl sites for hydroxylation is 1. The SMILES string of the molecule is CCCC(CF)Nc1nc(N)c2ncc(Cc3cnc(N4CCC(N(C)C)CC4)c(C)c3)n2n1. The van der Waals surface area contributed by atoms with Crippen molar-refractivity contribution in [3.05, 3.63) is 35.3 Å². The highest BCUT2D eigenvalue weighted by Gasteiger charge is 2.22. The van der Waals surface area contributed by atoms with Crippen molar-refractivity contribution >= 4 is 23.2 Å². The number of piperidine rings is 1. The molecule has 3 aromatic rings. The first-order valence-electron chi connectivity index (χ1n) is 12.1. The standard InChI is InChI=1S/C24H36FN9/c1-5-6-18(13-25)29-24-30-21(26)23-28-15-20(34(23)31-24)12-17-11-16(2)22(27-14-17)33-9-7-19(8-10-33)32(3)4/h11,14-15,18-19H,5-10,12-13H2,1-4H3,(H3,26,29,30,31). The molecule has 0 bridgehead atoms. The van der Waals surface area contributed by atoms with E-state index in [1.165, 1.54) is 0 Å². The summed E-state index contributed by atoms with van der Waals surface area (Å²) in [7, 11) is 4.31. The number of pyridine rings is 1. The number of aromatic nitrogens is 5. The largest absolute Gasteiger partial charge is 0.380 e.